The highest BCUT2D eigenvalue weighted by Gasteiger charge is 1.98. The molecule has 0 aliphatic heterocycles. The van der Waals surface area contributed by atoms with Gasteiger partial charge in [-0.25, -0.2) is 0 Å². The van der Waals surface area contributed by atoms with Crippen LogP contribution in [0, 0.1) is 0 Å². The standard InChI is InChI=1S/C8H14O2.CH4/c1-3-8(10)6-4-5-7(2)9;/h3-6H2,1-2H3;1H4. The Morgan fingerprint density at radius 2 is 1.73 bits per heavy atom. The van der Waals surface area contributed by atoms with Crippen LogP contribution >= 0.6 is 0 Å². The molecule has 0 bridgehead atoms. The predicted molar refractivity (Wildman–Crippen MR) is 46.6 cm³/mol. The Hall–Kier alpha value is -0.660. The Morgan fingerprint density at radius 1 is 1.18 bits per heavy atom. The fourth-order valence-corrected chi connectivity index (χ4v) is 0.711. The Morgan fingerprint density at radius 3 is 2.09 bits per heavy atom. The molecular formula is C9H18O2. The van der Waals surface area contributed by atoms with Crippen molar-refractivity contribution in [1.29, 1.82) is 0 Å². The lowest BCUT2D eigenvalue weighted by Crippen LogP contribution is -1.97. The molecule has 0 amide bonds. The summed E-state index contributed by atoms with van der Waals surface area (Å²) in [7, 11) is 0. The molecule has 66 valence electrons. The number of carbonyl (C=O) groups excluding carboxylic acids is 2. The van der Waals surface area contributed by atoms with Crippen molar-refractivity contribution in [2.75, 3.05) is 0 Å². The molecule has 0 heterocycles. The van der Waals surface area contributed by atoms with Gasteiger partial charge in [-0.2, -0.15) is 0 Å². The van der Waals surface area contributed by atoms with Gasteiger partial charge < -0.3 is 4.79 Å². The van der Waals surface area contributed by atoms with E-state index >= 15 is 0 Å². The van der Waals surface area contributed by atoms with E-state index in [2.05, 4.69) is 0 Å². The Labute approximate surface area is 69.0 Å². The molecule has 0 fully saturated rings. The van der Waals surface area contributed by atoms with Crippen LogP contribution in [0.2, 0.25) is 0 Å². The third kappa shape index (κ3) is 9.34. The SMILES string of the molecule is C.CCC(=O)CCCC(C)=O. The minimum Gasteiger partial charge on any atom is -0.300 e. The van der Waals surface area contributed by atoms with Gasteiger partial charge in [0.2, 0.25) is 0 Å². The molecule has 2 heteroatoms. The zero-order valence-corrected chi connectivity index (χ0v) is 6.64. The zero-order chi connectivity index (χ0) is 7.98. The van der Waals surface area contributed by atoms with Crippen LogP contribution in [0.5, 0.6) is 0 Å². The third-order valence-electron chi connectivity index (χ3n) is 1.38. The van der Waals surface area contributed by atoms with Gasteiger partial charge in [0.25, 0.3) is 0 Å². The molecule has 0 aromatic carbocycles. The first kappa shape index (κ1) is 13.0. The highest BCUT2D eigenvalue weighted by Crippen LogP contribution is 1.98. The summed E-state index contributed by atoms with van der Waals surface area (Å²) in [6.45, 7) is 3.40. The van der Waals surface area contributed by atoms with Gasteiger partial charge in [0.1, 0.15) is 11.6 Å². The first-order valence-corrected chi connectivity index (χ1v) is 3.68. The minimum atomic E-state index is 0. The topological polar surface area (TPSA) is 34.1 Å². The van der Waals surface area contributed by atoms with E-state index in [0.29, 0.717) is 19.3 Å². The van der Waals surface area contributed by atoms with Gasteiger partial charge in [-0.15, -0.1) is 0 Å². The van der Waals surface area contributed by atoms with Gasteiger partial charge >= 0.3 is 0 Å². The molecule has 0 atom stereocenters. The fraction of sp³-hybridized carbons (Fsp3) is 0.778. The lowest BCUT2D eigenvalue weighted by molar-refractivity contribution is -0.119. The van der Waals surface area contributed by atoms with E-state index in [4.69, 9.17) is 0 Å². The summed E-state index contributed by atoms with van der Waals surface area (Å²) >= 11 is 0. The van der Waals surface area contributed by atoms with E-state index in [0.717, 1.165) is 6.42 Å². The molecule has 2 nitrogen and oxygen atoms in total. The van der Waals surface area contributed by atoms with E-state index in [9.17, 15) is 9.59 Å². The van der Waals surface area contributed by atoms with Crippen LogP contribution < -0.4 is 0 Å². The lowest BCUT2D eigenvalue weighted by atomic mass is 10.1. The molecule has 0 aliphatic carbocycles. The highest BCUT2D eigenvalue weighted by atomic mass is 16.1. The van der Waals surface area contributed by atoms with Crippen molar-refractivity contribution < 1.29 is 9.59 Å². The van der Waals surface area contributed by atoms with Gasteiger partial charge in [0.05, 0.1) is 0 Å². The van der Waals surface area contributed by atoms with Gasteiger partial charge in [0.15, 0.2) is 0 Å². The summed E-state index contributed by atoms with van der Waals surface area (Å²) in [5.74, 6) is 0.421. The van der Waals surface area contributed by atoms with E-state index in [1.165, 1.54) is 0 Å². The zero-order valence-electron chi connectivity index (χ0n) is 6.64. The predicted octanol–water partition coefficient (Wildman–Crippen LogP) is 2.36. The van der Waals surface area contributed by atoms with E-state index in [1.54, 1.807) is 6.92 Å². The van der Waals surface area contributed by atoms with Crippen LogP contribution in [0.4, 0.5) is 0 Å². The number of Topliss-reactive ketones (excluding diaryl/α,β-unsaturated/α-hetero) is 2. The second kappa shape index (κ2) is 7.45. The van der Waals surface area contributed by atoms with Crippen molar-refractivity contribution in [2.24, 2.45) is 0 Å². The number of ketones is 2. The summed E-state index contributed by atoms with van der Waals surface area (Å²) < 4.78 is 0. The molecule has 0 spiro atoms. The van der Waals surface area contributed by atoms with Gasteiger partial charge in [0, 0.05) is 19.3 Å². The van der Waals surface area contributed by atoms with Crippen molar-refractivity contribution >= 4 is 11.6 Å². The van der Waals surface area contributed by atoms with E-state index in [-0.39, 0.29) is 19.0 Å². The average molecular weight is 158 g/mol. The van der Waals surface area contributed by atoms with E-state index in [1.807, 2.05) is 6.92 Å². The largest absolute Gasteiger partial charge is 0.300 e. The molecule has 0 saturated heterocycles. The summed E-state index contributed by atoms with van der Waals surface area (Å²) in [6, 6.07) is 0. The Balaban J connectivity index is 0. The first-order chi connectivity index (χ1) is 4.66. The molecule has 0 unspecified atom stereocenters. The fourth-order valence-electron chi connectivity index (χ4n) is 0.711. The van der Waals surface area contributed by atoms with Crippen molar-refractivity contribution in [3.8, 4) is 0 Å². The molecule has 0 rings (SSSR count). The van der Waals surface area contributed by atoms with Crippen molar-refractivity contribution in [3.63, 3.8) is 0 Å². The van der Waals surface area contributed by atoms with Crippen molar-refractivity contribution in [1.82, 2.24) is 0 Å². The van der Waals surface area contributed by atoms with Crippen LogP contribution in [0.15, 0.2) is 0 Å². The first-order valence-electron chi connectivity index (χ1n) is 3.68. The van der Waals surface area contributed by atoms with Crippen molar-refractivity contribution in [2.45, 2.75) is 47.0 Å². The molecule has 0 radical (unpaired) electrons. The van der Waals surface area contributed by atoms with Crippen LogP contribution in [0.3, 0.4) is 0 Å². The van der Waals surface area contributed by atoms with Crippen LogP contribution in [-0.4, -0.2) is 11.6 Å². The van der Waals surface area contributed by atoms with Gasteiger partial charge in [-0.1, -0.05) is 14.4 Å². The number of hydrogen-bond acceptors (Lipinski definition) is 2. The second-order valence-corrected chi connectivity index (χ2v) is 2.45. The maximum atomic E-state index is 10.7. The number of hydrogen-bond donors (Lipinski definition) is 0. The lowest BCUT2D eigenvalue weighted by Gasteiger charge is -1.93. The summed E-state index contributed by atoms with van der Waals surface area (Å²) in [4.78, 5) is 21.1. The van der Waals surface area contributed by atoms with Gasteiger partial charge in [-0.05, 0) is 13.3 Å². The Kier molecular flexibility index (Phi) is 8.78. The van der Waals surface area contributed by atoms with Crippen LogP contribution in [-0.2, 0) is 9.59 Å². The van der Waals surface area contributed by atoms with Gasteiger partial charge in [-0.3, -0.25) is 4.79 Å². The van der Waals surface area contributed by atoms with Crippen LogP contribution in [0.25, 0.3) is 0 Å². The maximum Gasteiger partial charge on any atom is 0.132 e. The van der Waals surface area contributed by atoms with E-state index < -0.39 is 0 Å². The molecule has 0 aromatic rings. The quantitative estimate of drug-likeness (QED) is 0.615. The minimum absolute atomic E-state index is 0. The molecule has 0 aromatic heterocycles. The molecular weight excluding hydrogens is 140 g/mol. The average Bonchev–Trinajstić information content (AvgIpc) is 1.87. The smallest absolute Gasteiger partial charge is 0.132 e. The monoisotopic (exact) mass is 158 g/mol. The highest BCUT2D eigenvalue weighted by molar-refractivity contribution is 5.79. The molecule has 0 aliphatic rings. The second-order valence-electron chi connectivity index (χ2n) is 2.45. The van der Waals surface area contributed by atoms with Crippen LogP contribution in [0.1, 0.15) is 47.0 Å². The molecule has 0 N–H and O–H groups in total. The third-order valence-corrected chi connectivity index (χ3v) is 1.38. The number of rotatable bonds is 5. The molecule has 0 saturated carbocycles. The number of carbonyl (C=O) groups is 2. The normalized spacial score (nSPS) is 8.55. The Bertz CT molecular complexity index is 128. The molecule has 11 heavy (non-hydrogen) atoms. The summed E-state index contributed by atoms with van der Waals surface area (Å²) in [6.07, 6.45) is 2.43. The maximum absolute atomic E-state index is 10.7. The summed E-state index contributed by atoms with van der Waals surface area (Å²) in [5.41, 5.74) is 0. The summed E-state index contributed by atoms with van der Waals surface area (Å²) in [5, 5.41) is 0. The van der Waals surface area contributed by atoms with Crippen molar-refractivity contribution in [3.05, 3.63) is 0 Å².